The number of likely N-dealkylation sites (tertiary alicyclic amines) is 1. The Labute approximate surface area is 116 Å². The number of unbranched alkanes of at least 4 members (excludes halogenated alkanes) is 2. The van der Waals surface area contributed by atoms with E-state index in [9.17, 15) is 13.2 Å². The third kappa shape index (κ3) is 5.91. The summed E-state index contributed by atoms with van der Waals surface area (Å²) >= 11 is 0. The molecule has 1 aliphatic rings. The SMILES string of the molecule is CCCCCS(=O)(=O)CC(=O)N1CCC(CN)CC1. The highest BCUT2D eigenvalue weighted by molar-refractivity contribution is 7.92. The molecule has 1 heterocycles. The third-order valence-electron chi connectivity index (χ3n) is 3.70. The molecule has 0 aromatic carbocycles. The molecular weight excluding hydrogens is 264 g/mol. The van der Waals surface area contributed by atoms with Crippen LogP contribution in [0.15, 0.2) is 0 Å². The molecule has 0 spiro atoms. The van der Waals surface area contributed by atoms with E-state index in [4.69, 9.17) is 5.73 Å². The van der Waals surface area contributed by atoms with Crippen LogP contribution in [0, 0.1) is 5.92 Å². The van der Waals surface area contributed by atoms with E-state index in [1.807, 2.05) is 6.92 Å². The molecule has 1 amide bonds. The summed E-state index contributed by atoms with van der Waals surface area (Å²) in [5.41, 5.74) is 5.60. The normalized spacial score (nSPS) is 17.7. The molecule has 0 atom stereocenters. The zero-order valence-electron chi connectivity index (χ0n) is 11.8. The van der Waals surface area contributed by atoms with Crippen LogP contribution in [0.1, 0.15) is 39.0 Å². The zero-order valence-corrected chi connectivity index (χ0v) is 12.6. The van der Waals surface area contributed by atoms with Crippen LogP contribution in [0.3, 0.4) is 0 Å². The van der Waals surface area contributed by atoms with Crippen LogP contribution in [-0.4, -0.2) is 50.4 Å². The summed E-state index contributed by atoms with van der Waals surface area (Å²) in [7, 11) is -3.24. The monoisotopic (exact) mass is 290 g/mol. The number of amides is 1. The lowest BCUT2D eigenvalue weighted by Crippen LogP contribution is -2.42. The summed E-state index contributed by atoms with van der Waals surface area (Å²) in [5.74, 6) is 0.0349. The molecule has 0 saturated carbocycles. The first kappa shape index (κ1) is 16.4. The van der Waals surface area contributed by atoms with Gasteiger partial charge in [-0.1, -0.05) is 19.8 Å². The molecule has 0 aromatic heterocycles. The first-order valence-electron chi connectivity index (χ1n) is 7.16. The van der Waals surface area contributed by atoms with Crippen molar-refractivity contribution in [2.24, 2.45) is 11.7 Å². The number of piperidine rings is 1. The van der Waals surface area contributed by atoms with Crippen LogP contribution in [-0.2, 0) is 14.6 Å². The summed E-state index contributed by atoms with van der Waals surface area (Å²) in [6.45, 7) is 3.97. The Hall–Kier alpha value is -0.620. The molecule has 0 aliphatic carbocycles. The van der Waals surface area contributed by atoms with E-state index in [-0.39, 0.29) is 17.4 Å². The van der Waals surface area contributed by atoms with Gasteiger partial charge in [0.1, 0.15) is 5.75 Å². The van der Waals surface area contributed by atoms with Crippen molar-refractivity contribution >= 4 is 15.7 Å². The van der Waals surface area contributed by atoms with Crippen molar-refractivity contribution in [1.82, 2.24) is 4.90 Å². The predicted octanol–water partition coefficient (Wildman–Crippen LogP) is 0.789. The Morgan fingerprint density at radius 3 is 2.42 bits per heavy atom. The molecule has 1 rings (SSSR count). The Bertz CT molecular complexity index is 373. The minimum atomic E-state index is -3.24. The molecule has 0 aromatic rings. The van der Waals surface area contributed by atoms with Crippen LogP contribution >= 0.6 is 0 Å². The number of sulfone groups is 1. The second-order valence-corrected chi connectivity index (χ2v) is 7.54. The van der Waals surface area contributed by atoms with Gasteiger partial charge in [0.2, 0.25) is 5.91 Å². The van der Waals surface area contributed by atoms with E-state index < -0.39 is 9.84 Å². The van der Waals surface area contributed by atoms with Crippen LogP contribution < -0.4 is 5.73 Å². The Balaban J connectivity index is 2.38. The minimum Gasteiger partial charge on any atom is -0.342 e. The van der Waals surface area contributed by atoms with Crippen molar-refractivity contribution < 1.29 is 13.2 Å². The third-order valence-corrected chi connectivity index (χ3v) is 5.30. The molecule has 0 bridgehead atoms. The first-order valence-corrected chi connectivity index (χ1v) is 8.99. The van der Waals surface area contributed by atoms with Gasteiger partial charge in [0.15, 0.2) is 9.84 Å². The second-order valence-electron chi connectivity index (χ2n) is 5.36. The molecule has 0 unspecified atom stereocenters. The van der Waals surface area contributed by atoms with Gasteiger partial charge in [0.05, 0.1) is 5.75 Å². The Morgan fingerprint density at radius 2 is 1.89 bits per heavy atom. The van der Waals surface area contributed by atoms with Crippen LogP contribution in [0.4, 0.5) is 0 Å². The highest BCUT2D eigenvalue weighted by Gasteiger charge is 2.25. The zero-order chi connectivity index (χ0) is 14.3. The fourth-order valence-corrected chi connectivity index (χ4v) is 3.69. The van der Waals surface area contributed by atoms with Crippen molar-refractivity contribution in [1.29, 1.82) is 0 Å². The Morgan fingerprint density at radius 1 is 1.26 bits per heavy atom. The minimum absolute atomic E-state index is 0.131. The quantitative estimate of drug-likeness (QED) is 0.703. The topological polar surface area (TPSA) is 80.5 Å². The van der Waals surface area contributed by atoms with Crippen molar-refractivity contribution in [3.8, 4) is 0 Å². The Kier molecular flexibility index (Phi) is 6.79. The van der Waals surface area contributed by atoms with E-state index in [1.54, 1.807) is 4.90 Å². The fraction of sp³-hybridized carbons (Fsp3) is 0.923. The molecular formula is C13H26N2O3S. The van der Waals surface area contributed by atoms with Crippen molar-refractivity contribution in [2.45, 2.75) is 39.0 Å². The van der Waals surface area contributed by atoms with Crippen LogP contribution in [0.2, 0.25) is 0 Å². The second kappa shape index (κ2) is 7.85. The standard InChI is InChI=1S/C13H26N2O3S/c1-2-3-4-9-19(17,18)11-13(16)15-7-5-12(10-14)6-8-15/h12H,2-11,14H2,1H3. The lowest BCUT2D eigenvalue weighted by molar-refractivity contribution is -0.129. The summed E-state index contributed by atoms with van der Waals surface area (Å²) in [4.78, 5) is 13.6. The summed E-state index contributed by atoms with van der Waals surface area (Å²) in [6.07, 6.45) is 4.31. The molecule has 5 nitrogen and oxygen atoms in total. The summed E-state index contributed by atoms with van der Waals surface area (Å²) in [6, 6.07) is 0. The van der Waals surface area contributed by atoms with E-state index in [1.165, 1.54) is 0 Å². The van der Waals surface area contributed by atoms with Crippen molar-refractivity contribution in [3.05, 3.63) is 0 Å². The van der Waals surface area contributed by atoms with Crippen LogP contribution in [0.25, 0.3) is 0 Å². The van der Waals surface area contributed by atoms with Crippen LogP contribution in [0.5, 0.6) is 0 Å². The van der Waals surface area contributed by atoms with E-state index in [0.717, 1.165) is 25.7 Å². The summed E-state index contributed by atoms with van der Waals surface area (Å²) in [5, 5.41) is 0. The van der Waals surface area contributed by atoms with Gasteiger partial charge in [-0.2, -0.15) is 0 Å². The van der Waals surface area contributed by atoms with Gasteiger partial charge in [-0.25, -0.2) is 8.42 Å². The average molecular weight is 290 g/mol. The number of hydrogen-bond acceptors (Lipinski definition) is 4. The molecule has 1 fully saturated rings. The molecule has 1 aliphatic heterocycles. The van der Waals surface area contributed by atoms with Gasteiger partial charge in [0.25, 0.3) is 0 Å². The number of rotatable bonds is 7. The summed E-state index contributed by atoms with van der Waals surface area (Å²) < 4.78 is 23.6. The van der Waals surface area contributed by atoms with Crippen molar-refractivity contribution in [3.63, 3.8) is 0 Å². The lowest BCUT2D eigenvalue weighted by Gasteiger charge is -2.31. The highest BCUT2D eigenvalue weighted by Crippen LogP contribution is 2.16. The number of nitrogens with two attached hydrogens (primary N) is 1. The molecule has 112 valence electrons. The van der Waals surface area contributed by atoms with Crippen molar-refractivity contribution in [2.75, 3.05) is 31.1 Å². The van der Waals surface area contributed by atoms with E-state index >= 15 is 0 Å². The molecule has 0 radical (unpaired) electrons. The maximum Gasteiger partial charge on any atom is 0.237 e. The van der Waals surface area contributed by atoms with Gasteiger partial charge >= 0.3 is 0 Å². The smallest absolute Gasteiger partial charge is 0.237 e. The van der Waals surface area contributed by atoms with E-state index in [2.05, 4.69) is 0 Å². The fourth-order valence-electron chi connectivity index (χ4n) is 2.34. The maximum absolute atomic E-state index is 12.0. The van der Waals surface area contributed by atoms with Gasteiger partial charge in [-0.05, 0) is 31.7 Å². The maximum atomic E-state index is 12.0. The van der Waals surface area contributed by atoms with E-state index in [0.29, 0.717) is 32.0 Å². The first-order chi connectivity index (χ1) is 8.98. The molecule has 1 saturated heterocycles. The molecule has 6 heteroatoms. The molecule has 19 heavy (non-hydrogen) atoms. The predicted molar refractivity (Wildman–Crippen MR) is 76.5 cm³/mol. The number of hydrogen-bond donors (Lipinski definition) is 1. The van der Waals surface area contributed by atoms with Gasteiger partial charge < -0.3 is 10.6 Å². The highest BCUT2D eigenvalue weighted by atomic mass is 32.2. The molecule has 2 N–H and O–H groups in total. The van der Waals surface area contributed by atoms with Gasteiger partial charge in [-0.15, -0.1) is 0 Å². The van der Waals surface area contributed by atoms with Gasteiger partial charge in [-0.3, -0.25) is 4.79 Å². The largest absolute Gasteiger partial charge is 0.342 e. The number of carbonyl (C=O) groups excluding carboxylic acids is 1. The average Bonchev–Trinajstić information content (AvgIpc) is 2.38. The lowest BCUT2D eigenvalue weighted by atomic mass is 9.97. The van der Waals surface area contributed by atoms with Gasteiger partial charge in [0, 0.05) is 13.1 Å². The number of nitrogens with zero attached hydrogens (tertiary/aromatic N) is 1. The number of carbonyl (C=O) groups is 1.